The van der Waals surface area contributed by atoms with Crippen LogP contribution in [0.2, 0.25) is 10.5 Å². The van der Waals surface area contributed by atoms with E-state index >= 15 is 0 Å². The van der Waals surface area contributed by atoms with E-state index in [2.05, 4.69) is 38.0 Å². The highest BCUT2D eigenvalue weighted by atomic mass is 16.5. The number of likely N-dealkylation sites (N-methyl/N-ethyl adjacent to an activating group) is 1. The maximum Gasteiger partial charge on any atom is 0.254 e. The molecule has 180 valence electrons. The molecule has 3 atom stereocenters. The van der Waals surface area contributed by atoms with Crippen molar-refractivity contribution < 1.29 is 14.3 Å². The Morgan fingerprint density at radius 3 is 2.83 bits per heavy atom. The number of ether oxygens (including phenoxy) is 1. The van der Waals surface area contributed by atoms with E-state index in [1.807, 2.05) is 24.3 Å². The molecule has 0 saturated carbocycles. The van der Waals surface area contributed by atoms with Crippen LogP contribution >= 0.6 is 0 Å². The summed E-state index contributed by atoms with van der Waals surface area (Å²) in [7, 11) is 6.22. The first-order valence-electron chi connectivity index (χ1n) is 12.4. The summed E-state index contributed by atoms with van der Waals surface area (Å²) < 4.78 is 5.86. The van der Waals surface area contributed by atoms with Crippen molar-refractivity contribution >= 4 is 32.2 Å². The van der Waals surface area contributed by atoms with Gasteiger partial charge in [0.05, 0.1) is 0 Å². The summed E-state index contributed by atoms with van der Waals surface area (Å²) in [6.07, 6.45) is 17.7. The van der Waals surface area contributed by atoms with Crippen molar-refractivity contribution in [3.8, 4) is 5.75 Å². The van der Waals surface area contributed by atoms with E-state index < -0.39 is 11.4 Å². The van der Waals surface area contributed by atoms with Gasteiger partial charge in [0.1, 0.15) is 27.2 Å². The molecule has 2 amide bonds. The Bertz CT molecular complexity index is 1060. The molecule has 1 aromatic heterocycles. The molecule has 1 N–H and O–H groups in total. The van der Waals surface area contributed by atoms with Crippen LogP contribution in [0.15, 0.2) is 67.3 Å². The lowest BCUT2D eigenvalue weighted by atomic mass is 9.21. The number of rotatable bonds is 7. The van der Waals surface area contributed by atoms with E-state index in [0.29, 0.717) is 11.6 Å². The fraction of sp³-hybridized carbons (Fsp3) is 0.444. The van der Waals surface area contributed by atoms with Crippen molar-refractivity contribution in [1.82, 2.24) is 10.3 Å². The molecular weight excluding hydrogens is 436 g/mol. The number of hydrogen-bond donors (Lipinski definition) is 1. The van der Waals surface area contributed by atoms with Crippen LogP contribution in [0.5, 0.6) is 5.75 Å². The maximum atomic E-state index is 13.8. The molecule has 35 heavy (non-hydrogen) atoms. The molecule has 2 saturated heterocycles. The normalized spacial score (nSPS) is 28.6. The van der Waals surface area contributed by atoms with Gasteiger partial charge in [-0.15, -0.1) is 0 Å². The Morgan fingerprint density at radius 2 is 2.03 bits per heavy atom. The van der Waals surface area contributed by atoms with Crippen LogP contribution in [-0.4, -0.2) is 51.1 Å². The van der Waals surface area contributed by atoms with Crippen molar-refractivity contribution in [1.29, 1.82) is 0 Å². The second-order valence-corrected chi connectivity index (χ2v) is 9.79. The molecule has 2 fully saturated rings. The SMILES string of the molecule is C=C/C=C\C=C(\[B]C12[B]C(C(=O)NC3COc4cccnc4N(C)C3=O)(CCCC1)CCC2)C=C. The summed E-state index contributed by atoms with van der Waals surface area (Å²) >= 11 is 0. The van der Waals surface area contributed by atoms with Gasteiger partial charge in [-0.2, -0.15) is 0 Å². The zero-order valence-corrected chi connectivity index (χ0v) is 20.5. The highest BCUT2D eigenvalue weighted by molar-refractivity contribution is 6.70. The minimum Gasteiger partial charge on any atom is -0.487 e. The molecule has 3 aliphatic heterocycles. The fourth-order valence-corrected chi connectivity index (χ4v) is 5.68. The summed E-state index contributed by atoms with van der Waals surface area (Å²) in [4.78, 5) is 32.8. The zero-order valence-electron chi connectivity index (χ0n) is 20.5. The lowest BCUT2D eigenvalue weighted by Gasteiger charge is -2.45. The number of fused-ring (bicyclic) bond motifs is 3. The molecule has 4 rings (SSSR count). The fourth-order valence-electron chi connectivity index (χ4n) is 5.68. The first-order chi connectivity index (χ1) is 16.9. The van der Waals surface area contributed by atoms with Gasteiger partial charge in [0.15, 0.2) is 11.6 Å². The van der Waals surface area contributed by atoms with Gasteiger partial charge in [-0.05, 0) is 25.0 Å². The number of aromatic nitrogens is 1. The van der Waals surface area contributed by atoms with Crippen LogP contribution < -0.4 is 15.0 Å². The van der Waals surface area contributed by atoms with Crippen LogP contribution in [0.3, 0.4) is 0 Å². The van der Waals surface area contributed by atoms with Crippen molar-refractivity contribution in [2.75, 3.05) is 18.6 Å². The van der Waals surface area contributed by atoms with Crippen LogP contribution in [0.1, 0.15) is 44.9 Å². The van der Waals surface area contributed by atoms with E-state index in [0.717, 1.165) is 50.4 Å². The number of anilines is 1. The zero-order chi connectivity index (χ0) is 24.9. The number of pyridine rings is 1. The van der Waals surface area contributed by atoms with Gasteiger partial charge in [0, 0.05) is 18.6 Å². The van der Waals surface area contributed by atoms with Gasteiger partial charge in [-0.3, -0.25) is 14.5 Å². The minimum absolute atomic E-state index is 0.0816. The molecule has 0 spiro atoms. The van der Waals surface area contributed by atoms with Gasteiger partial charge >= 0.3 is 0 Å². The maximum absolute atomic E-state index is 13.8. The highest BCUT2D eigenvalue weighted by Crippen LogP contribution is 2.56. The number of nitrogens with one attached hydrogen (secondary N) is 1. The third-order valence-electron chi connectivity index (χ3n) is 7.43. The Kier molecular flexibility index (Phi) is 7.68. The predicted molar refractivity (Wildman–Crippen MR) is 142 cm³/mol. The summed E-state index contributed by atoms with van der Waals surface area (Å²) in [6, 6.07) is 2.79. The largest absolute Gasteiger partial charge is 0.487 e. The molecule has 8 heteroatoms. The lowest BCUT2D eigenvalue weighted by Crippen LogP contribution is -2.55. The summed E-state index contributed by atoms with van der Waals surface area (Å²) in [5.74, 6) is 0.705. The first-order valence-corrected chi connectivity index (χ1v) is 12.4. The first kappa shape index (κ1) is 25.1. The third kappa shape index (κ3) is 5.31. The molecule has 3 unspecified atom stereocenters. The van der Waals surface area contributed by atoms with Crippen LogP contribution in [0.25, 0.3) is 0 Å². The van der Waals surface area contributed by atoms with Crippen LogP contribution in [0, 0.1) is 0 Å². The number of carbonyl (C=O) groups excluding carboxylic acids is 2. The van der Waals surface area contributed by atoms with E-state index in [1.54, 1.807) is 31.5 Å². The summed E-state index contributed by atoms with van der Waals surface area (Å²) in [5, 5.41) is 2.28. The third-order valence-corrected chi connectivity index (χ3v) is 7.43. The van der Waals surface area contributed by atoms with Crippen molar-refractivity contribution in [3.63, 3.8) is 0 Å². The summed E-state index contributed by atoms with van der Waals surface area (Å²) in [5.41, 5.74) is 1.04. The molecule has 0 aromatic carbocycles. The molecule has 6 nitrogen and oxygen atoms in total. The average molecular weight is 469 g/mol. The van der Waals surface area contributed by atoms with Gasteiger partial charge < -0.3 is 10.1 Å². The van der Waals surface area contributed by atoms with Crippen molar-refractivity contribution in [2.24, 2.45) is 0 Å². The second kappa shape index (κ2) is 10.7. The predicted octanol–water partition coefficient (Wildman–Crippen LogP) is 4.17. The second-order valence-electron chi connectivity index (χ2n) is 9.79. The Hall–Kier alpha value is -3.02. The van der Waals surface area contributed by atoms with E-state index in [4.69, 9.17) is 4.74 Å². The van der Waals surface area contributed by atoms with Crippen molar-refractivity contribution in [3.05, 3.63) is 67.3 Å². The van der Waals surface area contributed by atoms with E-state index in [1.165, 1.54) is 4.90 Å². The van der Waals surface area contributed by atoms with E-state index in [9.17, 15) is 9.59 Å². The molecule has 3 aliphatic rings. The van der Waals surface area contributed by atoms with E-state index in [-0.39, 0.29) is 23.6 Å². The number of hydrogen-bond acceptors (Lipinski definition) is 4. The Balaban J connectivity index is 1.53. The van der Waals surface area contributed by atoms with Gasteiger partial charge in [0.25, 0.3) is 5.91 Å². The molecule has 4 heterocycles. The molecular formula is C27H33B2N3O3. The highest BCUT2D eigenvalue weighted by Gasteiger charge is 2.51. The molecule has 0 aliphatic carbocycles. The Labute approximate surface area is 210 Å². The molecule has 2 radical (unpaired) electrons. The quantitative estimate of drug-likeness (QED) is 0.481. The van der Waals surface area contributed by atoms with Crippen LogP contribution in [-0.2, 0) is 9.59 Å². The smallest absolute Gasteiger partial charge is 0.254 e. The van der Waals surface area contributed by atoms with Crippen molar-refractivity contribution in [2.45, 2.75) is 61.5 Å². The monoisotopic (exact) mass is 469 g/mol. The topological polar surface area (TPSA) is 71.5 Å². The minimum atomic E-state index is -0.763. The number of carbonyl (C=O) groups is 2. The van der Waals surface area contributed by atoms with Crippen LogP contribution in [0.4, 0.5) is 5.82 Å². The molecule has 1 aromatic rings. The van der Waals surface area contributed by atoms with Gasteiger partial charge in [-0.25, -0.2) is 4.98 Å². The standard InChI is InChI=1S/C27H33B2N3O3/c1-4-6-7-12-20(5-2)28-27-16-9-8-14-26(29-27,15-11-17-27)25(34)31-21-19-35-22-13-10-18-30-23(22)32(3)24(21)33/h4-7,10,12-13,18,21H,1-2,8-9,11,14-17,19H2,3H3,(H,31,34)/b7-6-,20-12+. The Morgan fingerprint density at radius 1 is 1.26 bits per heavy atom. The van der Waals surface area contributed by atoms with Gasteiger partial charge in [0.2, 0.25) is 5.91 Å². The molecule has 2 bridgehead atoms. The number of nitrogens with zero attached hydrogens (tertiary/aromatic N) is 2. The number of amides is 2. The summed E-state index contributed by atoms with van der Waals surface area (Å²) in [6.45, 7) is 7.79. The van der Waals surface area contributed by atoms with Gasteiger partial charge in [-0.1, -0.05) is 86.3 Å². The number of allylic oxidation sites excluding steroid dienone is 6. The lowest BCUT2D eigenvalue weighted by molar-refractivity contribution is -0.130. The average Bonchev–Trinajstić information content (AvgIpc) is 3.07.